The Morgan fingerprint density at radius 2 is 1.71 bits per heavy atom. The summed E-state index contributed by atoms with van der Waals surface area (Å²) < 4.78 is 0. The Balaban J connectivity index is 1.88. The number of fused-ring (bicyclic) bond motifs is 1. The molecule has 0 unspecified atom stereocenters. The van der Waals surface area contributed by atoms with E-state index in [1.54, 1.807) is 0 Å². The molecular weight excluding hydrogens is 276 g/mol. The van der Waals surface area contributed by atoms with E-state index in [0.29, 0.717) is 0 Å². The van der Waals surface area contributed by atoms with Crippen LogP contribution in [0.1, 0.15) is 5.56 Å². The molecule has 0 aliphatic heterocycles. The molecule has 0 N–H and O–H groups in total. The number of hydrogen-bond acceptors (Lipinski definition) is 3. The predicted octanol–water partition coefficient (Wildman–Crippen LogP) is 4.59. The largest absolute Gasteiger partial charge is 0.363 e. The van der Waals surface area contributed by atoms with Gasteiger partial charge < -0.3 is 4.90 Å². The first-order chi connectivity index (χ1) is 10.2. The van der Waals surface area contributed by atoms with E-state index >= 15 is 0 Å². The second-order valence-corrected chi connectivity index (χ2v) is 6.18. The summed E-state index contributed by atoms with van der Waals surface area (Å²) in [5.74, 6) is 1.97. The Bertz CT molecular complexity index is 739. The first-order valence-electron chi connectivity index (χ1n) is 6.98. The van der Waals surface area contributed by atoms with Crippen LogP contribution in [0.4, 0.5) is 5.82 Å². The Kier molecular flexibility index (Phi) is 4.11. The highest BCUT2D eigenvalue weighted by atomic mass is 32.2. The molecule has 21 heavy (non-hydrogen) atoms. The average molecular weight is 294 g/mol. The third kappa shape index (κ3) is 3.19. The van der Waals surface area contributed by atoms with Crippen LogP contribution in [0.25, 0.3) is 10.9 Å². The van der Waals surface area contributed by atoms with Crippen molar-refractivity contribution in [2.24, 2.45) is 0 Å². The Morgan fingerprint density at radius 3 is 2.48 bits per heavy atom. The van der Waals surface area contributed by atoms with Gasteiger partial charge in [0.15, 0.2) is 0 Å². The van der Waals surface area contributed by atoms with Crippen LogP contribution < -0.4 is 4.90 Å². The molecule has 0 saturated heterocycles. The zero-order chi connectivity index (χ0) is 14.7. The number of pyridine rings is 1. The molecule has 3 aromatic rings. The molecule has 0 saturated carbocycles. The van der Waals surface area contributed by atoms with E-state index in [1.807, 2.05) is 30.8 Å². The molecule has 3 rings (SSSR count). The number of rotatable bonds is 4. The van der Waals surface area contributed by atoms with Crippen LogP contribution in [0.15, 0.2) is 65.6 Å². The highest BCUT2D eigenvalue weighted by molar-refractivity contribution is 7.98. The number of benzene rings is 2. The van der Waals surface area contributed by atoms with Gasteiger partial charge in [0.05, 0.1) is 5.52 Å². The zero-order valence-corrected chi connectivity index (χ0v) is 13.1. The molecule has 2 nitrogen and oxygen atoms in total. The van der Waals surface area contributed by atoms with Crippen molar-refractivity contribution >= 4 is 28.5 Å². The smallest absolute Gasteiger partial charge is 0.128 e. The number of aromatic nitrogens is 1. The van der Waals surface area contributed by atoms with Gasteiger partial charge in [-0.05, 0) is 29.8 Å². The average Bonchev–Trinajstić information content (AvgIpc) is 2.53. The summed E-state index contributed by atoms with van der Waals surface area (Å²) in [4.78, 5) is 8.02. The van der Waals surface area contributed by atoms with Gasteiger partial charge in [0.25, 0.3) is 0 Å². The fraction of sp³-hybridized carbons (Fsp3) is 0.167. The van der Waals surface area contributed by atoms with Crippen molar-refractivity contribution in [2.75, 3.05) is 19.0 Å². The minimum atomic E-state index is 0.982. The van der Waals surface area contributed by atoms with Crippen molar-refractivity contribution in [3.63, 3.8) is 0 Å². The minimum absolute atomic E-state index is 0.982. The third-order valence-corrected chi connectivity index (χ3v) is 4.52. The maximum absolute atomic E-state index is 4.70. The number of hydrogen-bond donors (Lipinski definition) is 0. The molecule has 106 valence electrons. The van der Waals surface area contributed by atoms with E-state index in [1.165, 1.54) is 15.8 Å². The molecule has 3 heteroatoms. The van der Waals surface area contributed by atoms with Gasteiger partial charge in [-0.1, -0.05) is 36.4 Å². The van der Waals surface area contributed by atoms with E-state index in [2.05, 4.69) is 60.7 Å². The van der Waals surface area contributed by atoms with Crippen molar-refractivity contribution in [2.45, 2.75) is 10.6 Å². The van der Waals surface area contributed by atoms with Crippen LogP contribution in [-0.2, 0) is 5.75 Å². The van der Waals surface area contributed by atoms with Gasteiger partial charge in [-0.15, -0.1) is 11.8 Å². The molecule has 0 aliphatic rings. The van der Waals surface area contributed by atoms with Crippen molar-refractivity contribution in [1.29, 1.82) is 0 Å². The number of nitrogens with zero attached hydrogens (tertiary/aromatic N) is 2. The van der Waals surface area contributed by atoms with E-state index in [9.17, 15) is 0 Å². The molecule has 2 aromatic carbocycles. The summed E-state index contributed by atoms with van der Waals surface area (Å²) in [5, 5.41) is 1.23. The van der Waals surface area contributed by atoms with Crippen LogP contribution in [-0.4, -0.2) is 19.1 Å². The van der Waals surface area contributed by atoms with Gasteiger partial charge in [0, 0.05) is 30.1 Å². The minimum Gasteiger partial charge on any atom is -0.363 e. The van der Waals surface area contributed by atoms with Crippen LogP contribution in [0, 0.1) is 0 Å². The van der Waals surface area contributed by atoms with Crippen LogP contribution in [0.5, 0.6) is 0 Å². The van der Waals surface area contributed by atoms with E-state index < -0.39 is 0 Å². The lowest BCUT2D eigenvalue weighted by atomic mass is 10.2. The maximum atomic E-state index is 4.70. The highest BCUT2D eigenvalue weighted by Gasteiger charge is 2.05. The van der Waals surface area contributed by atoms with Gasteiger partial charge in [-0.3, -0.25) is 0 Å². The van der Waals surface area contributed by atoms with Gasteiger partial charge in [-0.2, -0.15) is 0 Å². The molecule has 1 heterocycles. The van der Waals surface area contributed by atoms with Gasteiger partial charge >= 0.3 is 0 Å². The van der Waals surface area contributed by atoms with Crippen molar-refractivity contribution < 1.29 is 0 Å². The van der Waals surface area contributed by atoms with Crippen molar-refractivity contribution in [3.05, 3.63) is 66.2 Å². The van der Waals surface area contributed by atoms with E-state index in [0.717, 1.165) is 17.1 Å². The quantitative estimate of drug-likeness (QED) is 0.655. The van der Waals surface area contributed by atoms with Gasteiger partial charge in [0.2, 0.25) is 0 Å². The van der Waals surface area contributed by atoms with Crippen LogP contribution in [0.2, 0.25) is 0 Å². The molecule has 0 aliphatic carbocycles. The van der Waals surface area contributed by atoms with Gasteiger partial charge in [-0.25, -0.2) is 4.98 Å². The topological polar surface area (TPSA) is 16.1 Å². The molecule has 0 radical (unpaired) electrons. The normalized spacial score (nSPS) is 10.8. The molecule has 0 fully saturated rings. The number of thioether (sulfide) groups is 1. The Morgan fingerprint density at radius 1 is 0.905 bits per heavy atom. The SMILES string of the molecule is CN(C)c1ccc2c(SCc3ccccc3)cccc2n1. The van der Waals surface area contributed by atoms with Crippen LogP contribution >= 0.6 is 11.8 Å². The predicted molar refractivity (Wildman–Crippen MR) is 92.1 cm³/mol. The summed E-state index contributed by atoms with van der Waals surface area (Å²) in [6.45, 7) is 0. The second kappa shape index (κ2) is 6.19. The molecule has 0 atom stereocenters. The maximum Gasteiger partial charge on any atom is 0.128 e. The first kappa shape index (κ1) is 14.0. The Hall–Kier alpha value is -2.00. The molecule has 0 spiro atoms. The molecule has 0 bridgehead atoms. The third-order valence-electron chi connectivity index (χ3n) is 3.37. The van der Waals surface area contributed by atoms with Crippen molar-refractivity contribution in [3.8, 4) is 0 Å². The van der Waals surface area contributed by atoms with Gasteiger partial charge in [0.1, 0.15) is 5.82 Å². The monoisotopic (exact) mass is 294 g/mol. The molecule has 1 aromatic heterocycles. The fourth-order valence-electron chi connectivity index (χ4n) is 2.23. The summed E-state index contributed by atoms with van der Waals surface area (Å²) in [5.41, 5.74) is 2.40. The summed E-state index contributed by atoms with van der Waals surface area (Å²) >= 11 is 1.86. The standard InChI is InChI=1S/C18H18N2S/c1-20(2)18-12-11-15-16(19-18)9-6-10-17(15)21-13-14-7-4-3-5-8-14/h3-12H,13H2,1-2H3. The highest BCUT2D eigenvalue weighted by Crippen LogP contribution is 2.30. The Labute approximate surface area is 129 Å². The van der Waals surface area contributed by atoms with E-state index in [4.69, 9.17) is 4.98 Å². The lowest BCUT2D eigenvalue weighted by molar-refractivity contribution is 1.08. The summed E-state index contributed by atoms with van der Waals surface area (Å²) in [7, 11) is 4.03. The first-order valence-corrected chi connectivity index (χ1v) is 7.96. The van der Waals surface area contributed by atoms with Crippen molar-refractivity contribution in [1.82, 2.24) is 4.98 Å². The molecular formula is C18H18N2S. The second-order valence-electron chi connectivity index (χ2n) is 5.16. The molecule has 0 amide bonds. The fourth-order valence-corrected chi connectivity index (χ4v) is 3.24. The van der Waals surface area contributed by atoms with Crippen LogP contribution in [0.3, 0.4) is 0 Å². The zero-order valence-electron chi connectivity index (χ0n) is 12.3. The summed E-state index contributed by atoms with van der Waals surface area (Å²) in [6.07, 6.45) is 0. The van der Waals surface area contributed by atoms with E-state index in [-0.39, 0.29) is 0 Å². The lowest BCUT2D eigenvalue weighted by Gasteiger charge is -2.13. The number of anilines is 1. The lowest BCUT2D eigenvalue weighted by Crippen LogP contribution is -2.10. The summed E-state index contributed by atoms with van der Waals surface area (Å²) in [6, 6.07) is 21.2.